The zero-order valence-electron chi connectivity index (χ0n) is 12.9. The molecule has 2 rings (SSSR count). The summed E-state index contributed by atoms with van der Waals surface area (Å²) in [7, 11) is 1.80. The van der Waals surface area contributed by atoms with Crippen molar-refractivity contribution in [1.29, 1.82) is 0 Å². The Labute approximate surface area is 125 Å². The molecule has 0 aliphatic rings. The normalized spacial score (nSPS) is 10.3. The molecular formula is C17H21N3O. The molecule has 1 aromatic heterocycles. The number of hydrogen-bond donors (Lipinski definition) is 2. The van der Waals surface area contributed by atoms with Crippen LogP contribution in [-0.4, -0.2) is 17.9 Å². The van der Waals surface area contributed by atoms with Crippen LogP contribution in [0.15, 0.2) is 30.3 Å². The second-order valence-electron chi connectivity index (χ2n) is 5.09. The molecule has 1 amide bonds. The van der Waals surface area contributed by atoms with Crippen molar-refractivity contribution in [2.75, 3.05) is 17.7 Å². The lowest BCUT2D eigenvalue weighted by Gasteiger charge is -2.10. The van der Waals surface area contributed by atoms with Crippen LogP contribution in [0.4, 0.5) is 11.5 Å². The Morgan fingerprint density at radius 1 is 1.14 bits per heavy atom. The highest BCUT2D eigenvalue weighted by atomic mass is 16.1. The Kier molecular flexibility index (Phi) is 4.58. The number of hydrogen-bond acceptors (Lipinski definition) is 3. The maximum Gasteiger partial charge on any atom is 0.255 e. The third-order valence-corrected chi connectivity index (χ3v) is 3.52. The summed E-state index contributed by atoms with van der Waals surface area (Å²) in [6.45, 7) is 6.11. The molecule has 2 N–H and O–H groups in total. The highest BCUT2D eigenvalue weighted by molar-refractivity contribution is 6.04. The fourth-order valence-corrected chi connectivity index (χ4v) is 2.05. The van der Waals surface area contributed by atoms with E-state index in [-0.39, 0.29) is 5.91 Å². The van der Waals surface area contributed by atoms with Gasteiger partial charge in [0.25, 0.3) is 5.91 Å². The highest BCUT2D eigenvalue weighted by Gasteiger charge is 2.10. The highest BCUT2D eigenvalue weighted by Crippen LogP contribution is 2.17. The average molecular weight is 283 g/mol. The number of anilines is 2. The maximum absolute atomic E-state index is 12.4. The van der Waals surface area contributed by atoms with Crippen molar-refractivity contribution in [3.63, 3.8) is 0 Å². The van der Waals surface area contributed by atoms with Crippen molar-refractivity contribution in [1.82, 2.24) is 4.98 Å². The lowest BCUT2D eigenvalue weighted by molar-refractivity contribution is 0.102. The van der Waals surface area contributed by atoms with Crippen LogP contribution in [-0.2, 0) is 6.42 Å². The Morgan fingerprint density at radius 3 is 2.52 bits per heavy atom. The number of rotatable bonds is 4. The van der Waals surface area contributed by atoms with E-state index in [9.17, 15) is 4.79 Å². The maximum atomic E-state index is 12.4. The molecule has 0 radical (unpaired) electrons. The second kappa shape index (κ2) is 6.39. The average Bonchev–Trinajstić information content (AvgIpc) is 2.50. The second-order valence-corrected chi connectivity index (χ2v) is 5.09. The van der Waals surface area contributed by atoms with Crippen LogP contribution in [0.1, 0.15) is 34.1 Å². The molecule has 0 spiro atoms. The van der Waals surface area contributed by atoms with Gasteiger partial charge in [-0.25, -0.2) is 4.98 Å². The number of carbonyl (C=O) groups is 1. The van der Waals surface area contributed by atoms with Crippen LogP contribution in [0.3, 0.4) is 0 Å². The minimum atomic E-state index is -0.119. The quantitative estimate of drug-likeness (QED) is 0.902. The smallest absolute Gasteiger partial charge is 0.255 e. The molecule has 4 heteroatoms. The Hall–Kier alpha value is -2.36. The van der Waals surface area contributed by atoms with E-state index in [0.29, 0.717) is 11.4 Å². The summed E-state index contributed by atoms with van der Waals surface area (Å²) >= 11 is 0. The first-order valence-corrected chi connectivity index (χ1v) is 7.10. The monoisotopic (exact) mass is 283 g/mol. The minimum Gasteiger partial charge on any atom is -0.373 e. The third kappa shape index (κ3) is 3.60. The number of amides is 1. The van der Waals surface area contributed by atoms with Crippen molar-refractivity contribution in [2.45, 2.75) is 27.2 Å². The Balaban J connectivity index is 2.25. The molecule has 21 heavy (non-hydrogen) atoms. The number of aryl methyl sites for hydroxylation is 3. The van der Waals surface area contributed by atoms with E-state index in [4.69, 9.17) is 0 Å². The largest absolute Gasteiger partial charge is 0.373 e. The van der Waals surface area contributed by atoms with Gasteiger partial charge in [0.15, 0.2) is 0 Å². The molecule has 0 saturated carbocycles. The summed E-state index contributed by atoms with van der Waals surface area (Å²) < 4.78 is 0. The van der Waals surface area contributed by atoms with Gasteiger partial charge in [-0.1, -0.05) is 13.0 Å². The first kappa shape index (κ1) is 15.0. The summed E-state index contributed by atoms with van der Waals surface area (Å²) in [5, 5.41) is 5.92. The summed E-state index contributed by atoms with van der Waals surface area (Å²) in [4.78, 5) is 16.8. The molecule has 1 heterocycles. The van der Waals surface area contributed by atoms with Crippen LogP contribution in [0.5, 0.6) is 0 Å². The van der Waals surface area contributed by atoms with Gasteiger partial charge >= 0.3 is 0 Å². The Morgan fingerprint density at radius 2 is 1.90 bits per heavy atom. The summed E-state index contributed by atoms with van der Waals surface area (Å²) in [5.74, 6) is 0.589. The van der Waals surface area contributed by atoms with E-state index in [1.807, 2.05) is 38.1 Å². The van der Waals surface area contributed by atoms with Gasteiger partial charge in [0.2, 0.25) is 0 Å². The summed E-state index contributed by atoms with van der Waals surface area (Å²) in [6.07, 6.45) is 0.791. The number of pyridine rings is 1. The molecular weight excluding hydrogens is 262 g/mol. The van der Waals surface area contributed by atoms with Gasteiger partial charge in [0, 0.05) is 24.0 Å². The van der Waals surface area contributed by atoms with Crippen molar-refractivity contribution in [3.8, 4) is 0 Å². The van der Waals surface area contributed by atoms with Crippen LogP contribution in [0, 0.1) is 13.8 Å². The topological polar surface area (TPSA) is 54.0 Å². The van der Waals surface area contributed by atoms with Gasteiger partial charge in [0.1, 0.15) is 5.82 Å². The van der Waals surface area contributed by atoms with Crippen molar-refractivity contribution in [3.05, 3.63) is 52.7 Å². The SMILES string of the molecule is CCc1cc(C(=O)Nc2ccc(C)c(C)c2)cc(NC)n1. The number of nitrogens with zero attached hydrogens (tertiary/aromatic N) is 1. The van der Waals surface area contributed by atoms with E-state index in [2.05, 4.69) is 22.5 Å². The molecule has 0 aliphatic carbocycles. The van der Waals surface area contributed by atoms with Gasteiger partial charge in [0.05, 0.1) is 0 Å². The molecule has 110 valence electrons. The lowest BCUT2D eigenvalue weighted by atomic mass is 10.1. The predicted octanol–water partition coefficient (Wildman–Crippen LogP) is 3.55. The third-order valence-electron chi connectivity index (χ3n) is 3.52. The van der Waals surface area contributed by atoms with Gasteiger partial charge in [-0.05, 0) is 55.7 Å². The number of aromatic nitrogens is 1. The molecule has 1 aromatic carbocycles. The number of carbonyl (C=O) groups excluding carboxylic acids is 1. The van der Waals surface area contributed by atoms with Crippen LogP contribution in [0.2, 0.25) is 0 Å². The molecule has 4 nitrogen and oxygen atoms in total. The van der Waals surface area contributed by atoms with Crippen LogP contribution < -0.4 is 10.6 Å². The fourth-order valence-electron chi connectivity index (χ4n) is 2.05. The number of benzene rings is 1. The molecule has 0 atom stereocenters. The van der Waals surface area contributed by atoms with Gasteiger partial charge < -0.3 is 10.6 Å². The van der Waals surface area contributed by atoms with Crippen LogP contribution in [0.25, 0.3) is 0 Å². The van der Waals surface area contributed by atoms with E-state index in [0.717, 1.165) is 23.4 Å². The summed E-state index contributed by atoms with van der Waals surface area (Å²) in [6, 6.07) is 9.50. The Bertz CT molecular complexity index is 643. The first-order valence-electron chi connectivity index (χ1n) is 7.10. The molecule has 2 aromatic rings. The van der Waals surface area contributed by atoms with Crippen molar-refractivity contribution < 1.29 is 4.79 Å². The van der Waals surface area contributed by atoms with Crippen LogP contribution >= 0.6 is 0 Å². The molecule has 0 unspecified atom stereocenters. The predicted molar refractivity (Wildman–Crippen MR) is 87.0 cm³/mol. The van der Waals surface area contributed by atoms with E-state index >= 15 is 0 Å². The number of nitrogens with one attached hydrogen (secondary N) is 2. The minimum absolute atomic E-state index is 0.119. The van der Waals surface area contributed by atoms with Gasteiger partial charge in [-0.3, -0.25) is 4.79 Å². The fraction of sp³-hybridized carbons (Fsp3) is 0.294. The van der Waals surface area contributed by atoms with E-state index < -0.39 is 0 Å². The van der Waals surface area contributed by atoms with Gasteiger partial charge in [-0.2, -0.15) is 0 Å². The van der Waals surface area contributed by atoms with E-state index in [1.165, 1.54) is 5.56 Å². The molecule has 0 saturated heterocycles. The van der Waals surface area contributed by atoms with Crippen molar-refractivity contribution >= 4 is 17.4 Å². The molecule has 0 aliphatic heterocycles. The van der Waals surface area contributed by atoms with Gasteiger partial charge in [-0.15, -0.1) is 0 Å². The molecule has 0 fully saturated rings. The van der Waals surface area contributed by atoms with Crippen molar-refractivity contribution in [2.24, 2.45) is 0 Å². The lowest BCUT2D eigenvalue weighted by Crippen LogP contribution is -2.13. The zero-order chi connectivity index (χ0) is 15.4. The standard InChI is InChI=1S/C17H21N3O/c1-5-14-9-13(10-16(18-4)19-14)17(21)20-15-7-6-11(2)12(3)8-15/h6-10H,5H2,1-4H3,(H,18,19)(H,20,21). The first-order chi connectivity index (χ1) is 10.0. The zero-order valence-corrected chi connectivity index (χ0v) is 12.9. The van der Waals surface area contributed by atoms with E-state index in [1.54, 1.807) is 13.1 Å². The molecule has 0 bridgehead atoms. The summed E-state index contributed by atoms with van der Waals surface area (Å²) in [5.41, 5.74) is 4.69.